The van der Waals surface area contributed by atoms with E-state index in [4.69, 9.17) is 0 Å². The summed E-state index contributed by atoms with van der Waals surface area (Å²) >= 11 is 3.33. The maximum absolute atomic E-state index is 3.85. The summed E-state index contributed by atoms with van der Waals surface area (Å²) in [5, 5.41) is 3.05. The monoisotopic (exact) mass is 157 g/mol. The smallest absolute Gasteiger partial charge is 0.128 e. The number of thioether (sulfide) groups is 1. The maximum Gasteiger partial charge on any atom is 0.128 e. The molecule has 1 nitrogen and oxygen atoms in total. The Labute approximate surface area is 62.8 Å². The van der Waals surface area contributed by atoms with Crippen molar-refractivity contribution in [2.24, 2.45) is 4.99 Å². The van der Waals surface area contributed by atoms with Gasteiger partial charge < -0.3 is 0 Å². The summed E-state index contributed by atoms with van der Waals surface area (Å²) in [7, 11) is 0. The predicted molar refractivity (Wildman–Crippen MR) is 45.3 cm³/mol. The van der Waals surface area contributed by atoms with E-state index < -0.39 is 0 Å². The summed E-state index contributed by atoms with van der Waals surface area (Å²) in [5.74, 6) is 0. The number of hydrogen-bond acceptors (Lipinski definition) is 3. The fraction of sp³-hybridized carbons (Fsp3) is 0.167. The molecule has 1 heterocycles. The van der Waals surface area contributed by atoms with Crippen molar-refractivity contribution in [3.8, 4) is 0 Å². The molecule has 1 aromatic rings. The first-order valence-corrected chi connectivity index (χ1v) is 4.57. The normalized spacial score (nSPS) is 9.44. The molecule has 0 spiro atoms. The highest BCUT2D eigenvalue weighted by molar-refractivity contribution is 7.99. The third-order valence-electron chi connectivity index (χ3n) is 0.973. The van der Waals surface area contributed by atoms with Crippen LogP contribution in [0.15, 0.2) is 21.3 Å². The zero-order chi connectivity index (χ0) is 6.69. The van der Waals surface area contributed by atoms with Crippen LogP contribution in [-0.4, -0.2) is 13.0 Å². The zero-order valence-corrected chi connectivity index (χ0v) is 6.76. The largest absolute Gasteiger partial charge is 0.253 e. The second kappa shape index (κ2) is 3.03. The second-order valence-electron chi connectivity index (χ2n) is 1.45. The fourth-order valence-corrected chi connectivity index (χ4v) is 2.08. The lowest BCUT2D eigenvalue weighted by atomic mass is 10.6. The lowest BCUT2D eigenvalue weighted by molar-refractivity contribution is 1.50. The van der Waals surface area contributed by atoms with Crippen LogP contribution < -0.4 is 0 Å². The molecule has 0 amide bonds. The van der Waals surface area contributed by atoms with Gasteiger partial charge in [0.2, 0.25) is 0 Å². The number of nitrogens with zero attached hydrogens (tertiary/aromatic N) is 1. The van der Waals surface area contributed by atoms with Crippen molar-refractivity contribution in [3.63, 3.8) is 0 Å². The Morgan fingerprint density at radius 2 is 2.56 bits per heavy atom. The van der Waals surface area contributed by atoms with E-state index in [0.29, 0.717) is 0 Å². The highest BCUT2D eigenvalue weighted by Crippen LogP contribution is 2.32. The van der Waals surface area contributed by atoms with Crippen LogP contribution in [0.25, 0.3) is 0 Å². The number of thiophene rings is 1. The van der Waals surface area contributed by atoms with E-state index in [2.05, 4.69) is 17.8 Å². The van der Waals surface area contributed by atoms with Gasteiger partial charge in [0.15, 0.2) is 0 Å². The van der Waals surface area contributed by atoms with E-state index in [1.165, 1.54) is 4.90 Å². The molecule has 1 rings (SSSR count). The molecule has 1 aromatic heterocycles. The minimum Gasteiger partial charge on any atom is -0.253 e. The molecule has 48 valence electrons. The summed E-state index contributed by atoms with van der Waals surface area (Å²) in [6, 6.07) is 2.05. The van der Waals surface area contributed by atoms with Gasteiger partial charge in [0.05, 0.1) is 0 Å². The average molecular weight is 157 g/mol. The average Bonchev–Trinajstić information content (AvgIpc) is 2.33. The molecule has 0 aromatic carbocycles. The lowest BCUT2D eigenvalue weighted by Crippen LogP contribution is -1.57. The highest BCUT2D eigenvalue weighted by Gasteiger charge is 1.97. The first kappa shape index (κ1) is 6.83. The third kappa shape index (κ3) is 1.34. The van der Waals surface area contributed by atoms with Gasteiger partial charge in [0.25, 0.3) is 0 Å². The Morgan fingerprint density at radius 3 is 3.00 bits per heavy atom. The van der Waals surface area contributed by atoms with Crippen LogP contribution >= 0.6 is 23.1 Å². The van der Waals surface area contributed by atoms with E-state index in [1.807, 2.05) is 11.6 Å². The molecular weight excluding hydrogens is 150 g/mol. The molecule has 0 aliphatic carbocycles. The lowest BCUT2D eigenvalue weighted by Gasteiger charge is -1.88. The molecule has 0 radical (unpaired) electrons. The minimum atomic E-state index is 1.03. The van der Waals surface area contributed by atoms with Crippen molar-refractivity contribution in [1.82, 2.24) is 0 Å². The third-order valence-corrected chi connectivity index (χ3v) is 2.72. The first-order chi connectivity index (χ1) is 4.38. The number of rotatable bonds is 2. The van der Waals surface area contributed by atoms with Gasteiger partial charge in [-0.3, -0.25) is 4.99 Å². The highest BCUT2D eigenvalue weighted by atomic mass is 32.2. The summed E-state index contributed by atoms with van der Waals surface area (Å²) in [6.07, 6.45) is 2.04. The Hall–Kier alpha value is -0.280. The molecule has 0 saturated carbocycles. The van der Waals surface area contributed by atoms with Crippen LogP contribution in [0.2, 0.25) is 0 Å². The van der Waals surface area contributed by atoms with Gasteiger partial charge in [-0.25, -0.2) is 0 Å². The van der Waals surface area contributed by atoms with Crippen LogP contribution in [0.5, 0.6) is 0 Å². The molecular formula is C6H7NS2. The van der Waals surface area contributed by atoms with Gasteiger partial charge in [-0.2, -0.15) is 0 Å². The van der Waals surface area contributed by atoms with Gasteiger partial charge in [0, 0.05) is 4.90 Å². The van der Waals surface area contributed by atoms with Crippen molar-refractivity contribution in [3.05, 3.63) is 11.4 Å². The number of hydrogen-bond donors (Lipinski definition) is 0. The molecule has 0 unspecified atom stereocenters. The molecule has 0 saturated heterocycles. The molecule has 0 aliphatic heterocycles. The Bertz CT molecular complexity index is 205. The van der Waals surface area contributed by atoms with E-state index >= 15 is 0 Å². The van der Waals surface area contributed by atoms with Gasteiger partial charge in [-0.15, -0.1) is 23.1 Å². The molecule has 0 atom stereocenters. The first-order valence-electron chi connectivity index (χ1n) is 2.46. The summed E-state index contributed by atoms with van der Waals surface area (Å²) in [4.78, 5) is 5.07. The second-order valence-corrected chi connectivity index (χ2v) is 3.19. The number of aliphatic imine (C=N–C) groups is 1. The molecule has 0 N–H and O–H groups in total. The van der Waals surface area contributed by atoms with E-state index in [0.717, 1.165) is 5.00 Å². The molecule has 9 heavy (non-hydrogen) atoms. The Morgan fingerprint density at radius 1 is 1.78 bits per heavy atom. The summed E-state index contributed by atoms with van der Waals surface area (Å²) < 4.78 is 0. The van der Waals surface area contributed by atoms with Gasteiger partial charge in [-0.05, 0) is 24.4 Å². The van der Waals surface area contributed by atoms with Crippen molar-refractivity contribution in [2.75, 3.05) is 6.26 Å². The van der Waals surface area contributed by atoms with Crippen molar-refractivity contribution in [2.45, 2.75) is 4.90 Å². The Balaban J connectivity index is 2.98. The van der Waals surface area contributed by atoms with Crippen molar-refractivity contribution >= 4 is 34.8 Å². The van der Waals surface area contributed by atoms with Crippen LogP contribution in [0, 0.1) is 0 Å². The minimum absolute atomic E-state index is 1.03. The van der Waals surface area contributed by atoms with Gasteiger partial charge in [-0.1, -0.05) is 0 Å². The van der Waals surface area contributed by atoms with Crippen molar-refractivity contribution in [1.29, 1.82) is 0 Å². The van der Waals surface area contributed by atoms with Gasteiger partial charge in [0.1, 0.15) is 5.00 Å². The molecule has 0 bridgehead atoms. The molecule has 0 aliphatic rings. The molecule has 3 heteroatoms. The van der Waals surface area contributed by atoms with E-state index in [-0.39, 0.29) is 0 Å². The van der Waals surface area contributed by atoms with E-state index in [1.54, 1.807) is 23.1 Å². The van der Waals surface area contributed by atoms with Crippen LogP contribution in [0.3, 0.4) is 0 Å². The summed E-state index contributed by atoms with van der Waals surface area (Å²) in [5.41, 5.74) is 0. The Kier molecular flexibility index (Phi) is 2.30. The van der Waals surface area contributed by atoms with Gasteiger partial charge >= 0.3 is 0 Å². The van der Waals surface area contributed by atoms with Crippen LogP contribution in [-0.2, 0) is 0 Å². The van der Waals surface area contributed by atoms with Crippen LogP contribution in [0.1, 0.15) is 0 Å². The molecule has 0 fully saturated rings. The SMILES string of the molecule is C=Nc1sccc1SC. The van der Waals surface area contributed by atoms with Crippen molar-refractivity contribution < 1.29 is 0 Å². The fourth-order valence-electron chi connectivity index (χ4n) is 0.560. The predicted octanol–water partition coefficient (Wildman–Crippen LogP) is 2.80. The zero-order valence-electron chi connectivity index (χ0n) is 5.13. The standard InChI is InChI=1S/C6H7NS2/c1-7-6-5(8-2)3-4-9-6/h3-4H,1H2,2H3. The topological polar surface area (TPSA) is 12.4 Å². The van der Waals surface area contributed by atoms with Crippen LogP contribution in [0.4, 0.5) is 5.00 Å². The quantitative estimate of drug-likeness (QED) is 0.475. The van der Waals surface area contributed by atoms with E-state index in [9.17, 15) is 0 Å². The maximum atomic E-state index is 3.85. The summed E-state index contributed by atoms with van der Waals surface area (Å²) in [6.45, 7) is 3.46.